The van der Waals surface area contributed by atoms with Gasteiger partial charge in [0.1, 0.15) is 11.6 Å². The van der Waals surface area contributed by atoms with Crippen molar-refractivity contribution in [2.75, 3.05) is 31.6 Å². The Morgan fingerprint density at radius 2 is 1.84 bits per heavy atom. The second kappa shape index (κ2) is 9.06. The molecule has 5 rings (SSSR count). The number of rotatable bonds is 5. The van der Waals surface area contributed by atoms with Crippen LogP contribution in [0.1, 0.15) is 18.4 Å². The standard InChI is InChI=1S/C25H27ClN4O2/c1-16-11-24(27-20-3-2-10-30(13-20)21-14-32-15-21)28-29-25(16)22-9-6-18(12-23(22)31)17-4-7-19(26)8-5-17/h4-9,11-12,20-21,31H,2-3,10,13-15H2,1H3,(H,27,28)/t20-/m0/s1. The van der Waals surface area contributed by atoms with E-state index in [2.05, 4.69) is 20.4 Å². The van der Waals surface area contributed by atoms with Crippen molar-refractivity contribution in [1.29, 1.82) is 0 Å². The molecule has 1 aromatic heterocycles. The van der Waals surface area contributed by atoms with Crippen LogP contribution in [0.25, 0.3) is 22.4 Å². The molecule has 2 fully saturated rings. The summed E-state index contributed by atoms with van der Waals surface area (Å²) >= 11 is 5.98. The first-order valence-electron chi connectivity index (χ1n) is 11.1. The normalized spacial score (nSPS) is 19.5. The molecule has 2 aliphatic heterocycles. The molecule has 2 saturated heterocycles. The number of aromatic nitrogens is 2. The predicted molar refractivity (Wildman–Crippen MR) is 127 cm³/mol. The van der Waals surface area contributed by atoms with Gasteiger partial charge in [-0.2, -0.15) is 0 Å². The minimum atomic E-state index is 0.182. The monoisotopic (exact) mass is 450 g/mol. The van der Waals surface area contributed by atoms with Crippen LogP contribution in [0, 0.1) is 6.92 Å². The molecule has 7 heteroatoms. The first kappa shape index (κ1) is 21.2. The molecular formula is C25H27ClN4O2. The summed E-state index contributed by atoms with van der Waals surface area (Å²) in [6.45, 7) is 5.84. The molecule has 0 saturated carbocycles. The van der Waals surface area contributed by atoms with E-state index in [0.29, 0.717) is 28.4 Å². The third kappa shape index (κ3) is 4.44. The van der Waals surface area contributed by atoms with Gasteiger partial charge in [-0.1, -0.05) is 29.8 Å². The van der Waals surface area contributed by atoms with Crippen LogP contribution in [-0.4, -0.2) is 58.6 Å². The Balaban J connectivity index is 1.31. The van der Waals surface area contributed by atoms with E-state index in [0.717, 1.165) is 55.2 Å². The number of benzene rings is 2. The fourth-order valence-corrected chi connectivity index (χ4v) is 4.60. The van der Waals surface area contributed by atoms with Gasteiger partial charge in [-0.05, 0) is 73.3 Å². The van der Waals surface area contributed by atoms with E-state index in [1.54, 1.807) is 6.07 Å². The van der Waals surface area contributed by atoms with Gasteiger partial charge in [0.05, 0.1) is 24.9 Å². The zero-order chi connectivity index (χ0) is 22.1. The van der Waals surface area contributed by atoms with Gasteiger partial charge in [-0.25, -0.2) is 0 Å². The van der Waals surface area contributed by atoms with Gasteiger partial charge in [-0.15, -0.1) is 10.2 Å². The smallest absolute Gasteiger partial charge is 0.149 e. The molecule has 0 spiro atoms. The summed E-state index contributed by atoms with van der Waals surface area (Å²) in [6, 6.07) is 16.1. The van der Waals surface area contributed by atoms with Crippen LogP contribution < -0.4 is 5.32 Å². The molecule has 3 heterocycles. The third-order valence-electron chi connectivity index (χ3n) is 6.36. The average molecular weight is 451 g/mol. The van der Waals surface area contributed by atoms with Crippen molar-refractivity contribution in [3.8, 4) is 28.1 Å². The van der Waals surface area contributed by atoms with E-state index in [9.17, 15) is 5.11 Å². The van der Waals surface area contributed by atoms with Crippen molar-refractivity contribution in [3.05, 3.63) is 59.1 Å². The second-order valence-corrected chi connectivity index (χ2v) is 9.11. The number of likely N-dealkylation sites (tertiary alicyclic amines) is 1. The quantitative estimate of drug-likeness (QED) is 0.584. The molecule has 3 aromatic rings. The summed E-state index contributed by atoms with van der Waals surface area (Å²) in [5, 5.41) is 23.8. The summed E-state index contributed by atoms with van der Waals surface area (Å²) in [7, 11) is 0. The number of phenolic OH excluding ortho intramolecular Hbond substituents is 1. The number of hydrogen-bond donors (Lipinski definition) is 2. The van der Waals surface area contributed by atoms with Crippen LogP contribution in [0.15, 0.2) is 48.5 Å². The lowest BCUT2D eigenvalue weighted by molar-refractivity contribution is -0.0710. The van der Waals surface area contributed by atoms with Crippen molar-refractivity contribution in [2.24, 2.45) is 0 Å². The van der Waals surface area contributed by atoms with Gasteiger partial charge >= 0.3 is 0 Å². The van der Waals surface area contributed by atoms with Crippen LogP contribution >= 0.6 is 11.6 Å². The summed E-state index contributed by atoms with van der Waals surface area (Å²) in [5.41, 5.74) is 4.25. The Morgan fingerprint density at radius 1 is 1.06 bits per heavy atom. The van der Waals surface area contributed by atoms with Crippen molar-refractivity contribution in [2.45, 2.75) is 31.8 Å². The minimum absolute atomic E-state index is 0.182. The Labute approximate surface area is 193 Å². The summed E-state index contributed by atoms with van der Waals surface area (Å²) < 4.78 is 5.35. The molecule has 0 bridgehead atoms. The highest BCUT2D eigenvalue weighted by atomic mass is 35.5. The summed E-state index contributed by atoms with van der Waals surface area (Å²) in [6.07, 6.45) is 2.30. The van der Waals surface area contributed by atoms with E-state index < -0.39 is 0 Å². The van der Waals surface area contributed by atoms with Crippen LogP contribution in [0.2, 0.25) is 5.02 Å². The fraction of sp³-hybridized carbons (Fsp3) is 0.360. The van der Waals surface area contributed by atoms with Crippen LogP contribution in [0.4, 0.5) is 5.82 Å². The Kier molecular flexibility index (Phi) is 6.00. The number of hydrogen-bond acceptors (Lipinski definition) is 6. The van der Waals surface area contributed by atoms with Crippen LogP contribution in [-0.2, 0) is 4.74 Å². The third-order valence-corrected chi connectivity index (χ3v) is 6.61. The van der Waals surface area contributed by atoms with E-state index in [1.165, 1.54) is 6.42 Å². The molecule has 2 N–H and O–H groups in total. The number of anilines is 1. The van der Waals surface area contributed by atoms with E-state index in [1.807, 2.05) is 49.4 Å². The predicted octanol–water partition coefficient (Wildman–Crippen LogP) is 4.75. The molecule has 1 atom stereocenters. The highest BCUT2D eigenvalue weighted by Crippen LogP contribution is 2.34. The first-order chi connectivity index (χ1) is 15.6. The number of nitrogens with zero attached hydrogens (tertiary/aromatic N) is 3. The number of halogens is 1. The lowest BCUT2D eigenvalue weighted by Crippen LogP contribution is -2.54. The zero-order valence-corrected chi connectivity index (χ0v) is 18.8. The van der Waals surface area contributed by atoms with Crippen molar-refractivity contribution in [1.82, 2.24) is 15.1 Å². The van der Waals surface area contributed by atoms with Crippen molar-refractivity contribution in [3.63, 3.8) is 0 Å². The fourth-order valence-electron chi connectivity index (χ4n) is 4.47. The second-order valence-electron chi connectivity index (χ2n) is 8.67. The largest absolute Gasteiger partial charge is 0.507 e. The minimum Gasteiger partial charge on any atom is -0.507 e. The summed E-state index contributed by atoms with van der Waals surface area (Å²) in [4.78, 5) is 2.51. The average Bonchev–Trinajstić information content (AvgIpc) is 2.74. The number of aryl methyl sites for hydroxylation is 1. The van der Waals surface area contributed by atoms with Gasteiger partial charge < -0.3 is 15.2 Å². The van der Waals surface area contributed by atoms with Crippen LogP contribution in [0.5, 0.6) is 5.75 Å². The van der Waals surface area contributed by atoms with Gasteiger partial charge in [0.25, 0.3) is 0 Å². The lowest BCUT2D eigenvalue weighted by Gasteiger charge is -2.42. The van der Waals surface area contributed by atoms with Crippen LogP contribution in [0.3, 0.4) is 0 Å². The highest BCUT2D eigenvalue weighted by Gasteiger charge is 2.30. The molecule has 0 aliphatic carbocycles. The molecule has 0 amide bonds. The van der Waals surface area contributed by atoms with E-state index >= 15 is 0 Å². The van der Waals surface area contributed by atoms with Gasteiger partial charge in [0, 0.05) is 23.2 Å². The zero-order valence-electron chi connectivity index (χ0n) is 18.1. The van der Waals surface area contributed by atoms with E-state index in [-0.39, 0.29) is 5.75 Å². The number of nitrogens with one attached hydrogen (secondary N) is 1. The van der Waals surface area contributed by atoms with Gasteiger partial charge in [0.15, 0.2) is 0 Å². The van der Waals surface area contributed by atoms with Crippen molar-refractivity contribution >= 4 is 17.4 Å². The maximum atomic E-state index is 10.7. The van der Waals surface area contributed by atoms with E-state index in [4.69, 9.17) is 16.3 Å². The first-order valence-corrected chi connectivity index (χ1v) is 11.5. The molecular weight excluding hydrogens is 424 g/mol. The number of ether oxygens (including phenoxy) is 1. The Bertz CT molecular complexity index is 1100. The Hall–Kier alpha value is -2.67. The van der Waals surface area contributed by atoms with Gasteiger partial charge in [-0.3, -0.25) is 4.90 Å². The molecule has 32 heavy (non-hydrogen) atoms. The molecule has 166 valence electrons. The number of aromatic hydroxyl groups is 1. The SMILES string of the molecule is Cc1cc(N[C@H]2CCCN(C3COC3)C2)nnc1-c1ccc(-c2ccc(Cl)cc2)cc1O. The number of phenols is 1. The molecule has 0 unspecified atom stereocenters. The maximum Gasteiger partial charge on any atom is 0.149 e. The lowest BCUT2D eigenvalue weighted by atomic mass is 10.00. The summed E-state index contributed by atoms with van der Waals surface area (Å²) in [5.74, 6) is 0.960. The maximum absolute atomic E-state index is 10.7. The van der Waals surface area contributed by atoms with Crippen molar-refractivity contribution < 1.29 is 9.84 Å². The van der Waals surface area contributed by atoms with Gasteiger partial charge in [0.2, 0.25) is 0 Å². The number of piperidine rings is 1. The topological polar surface area (TPSA) is 70.5 Å². The molecule has 6 nitrogen and oxygen atoms in total. The Morgan fingerprint density at radius 3 is 2.53 bits per heavy atom. The highest BCUT2D eigenvalue weighted by molar-refractivity contribution is 6.30. The molecule has 0 radical (unpaired) electrons. The molecule has 2 aromatic carbocycles. The molecule has 2 aliphatic rings.